The van der Waals surface area contributed by atoms with Gasteiger partial charge in [-0.15, -0.1) is 21.8 Å². The van der Waals surface area contributed by atoms with Crippen molar-refractivity contribution in [3.63, 3.8) is 0 Å². The first-order valence-corrected chi connectivity index (χ1v) is 10.7. The van der Waals surface area contributed by atoms with Crippen LogP contribution in [0.25, 0.3) is 5.65 Å². The monoisotopic (exact) mass is 411 g/mol. The molecule has 1 saturated carbocycles. The fraction of sp³-hybridized carbons (Fsp3) is 0.435. The van der Waals surface area contributed by atoms with Gasteiger partial charge in [-0.1, -0.05) is 18.2 Å². The lowest BCUT2D eigenvalue weighted by molar-refractivity contribution is -0.143. The highest BCUT2D eigenvalue weighted by Gasteiger charge is 2.30. The van der Waals surface area contributed by atoms with Crippen LogP contribution in [0.5, 0.6) is 0 Å². The van der Waals surface area contributed by atoms with Crippen LogP contribution < -0.4 is 0 Å². The normalized spacial score (nSPS) is 14.9. The molecule has 1 aliphatic carbocycles. The second kappa shape index (κ2) is 8.15. The number of fused-ring (bicyclic) bond motifs is 1. The number of hydrogen-bond acceptors (Lipinski definition) is 4. The molecule has 0 saturated heterocycles. The lowest BCUT2D eigenvalue weighted by atomic mass is 9.85. The van der Waals surface area contributed by atoms with Crippen LogP contribution in [-0.4, -0.2) is 27.2 Å². The Kier molecular flexibility index (Phi) is 5.59. The first-order chi connectivity index (χ1) is 14.0. The van der Waals surface area contributed by atoms with E-state index in [-0.39, 0.29) is 18.3 Å². The summed E-state index contributed by atoms with van der Waals surface area (Å²) in [6, 6.07) is 8.36. The van der Waals surface area contributed by atoms with Gasteiger partial charge < -0.3 is 4.74 Å². The van der Waals surface area contributed by atoms with Crippen molar-refractivity contribution in [2.75, 3.05) is 6.61 Å². The van der Waals surface area contributed by atoms with Gasteiger partial charge in [0, 0.05) is 23.9 Å². The van der Waals surface area contributed by atoms with E-state index in [1.54, 1.807) is 0 Å². The summed E-state index contributed by atoms with van der Waals surface area (Å²) in [5.74, 6) is 1.68. The molecule has 1 unspecified atom stereocenters. The standard InChI is InChI=1S/C23H26ClN3O2/c1-4-29-21(28)12-20(17-6-5-14(2)18(11-17)13-24)19-9-10-27-22(15(19)3)25-26-23(27)16-7-8-16/h5-6,9-11,16,20H,4,7-8,12-13H2,1-3H3. The summed E-state index contributed by atoms with van der Waals surface area (Å²) in [6.45, 7) is 6.32. The summed E-state index contributed by atoms with van der Waals surface area (Å²) < 4.78 is 7.36. The molecule has 0 amide bonds. The zero-order valence-corrected chi connectivity index (χ0v) is 17.9. The Morgan fingerprint density at radius 1 is 1.28 bits per heavy atom. The Bertz CT molecular complexity index is 1060. The maximum Gasteiger partial charge on any atom is 0.306 e. The second-order valence-electron chi connectivity index (χ2n) is 7.80. The number of rotatable bonds is 7. The average molecular weight is 412 g/mol. The van der Waals surface area contributed by atoms with Crippen LogP contribution >= 0.6 is 11.6 Å². The van der Waals surface area contributed by atoms with Crippen LogP contribution in [0.4, 0.5) is 0 Å². The van der Waals surface area contributed by atoms with E-state index < -0.39 is 0 Å². The molecule has 0 radical (unpaired) electrons. The van der Waals surface area contributed by atoms with E-state index in [1.807, 2.05) is 13.1 Å². The zero-order valence-electron chi connectivity index (χ0n) is 17.1. The van der Waals surface area contributed by atoms with Gasteiger partial charge >= 0.3 is 5.97 Å². The van der Waals surface area contributed by atoms with Crippen molar-refractivity contribution < 1.29 is 9.53 Å². The van der Waals surface area contributed by atoms with Gasteiger partial charge in [-0.05, 0) is 67.5 Å². The number of aryl methyl sites for hydroxylation is 2. The summed E-state index contributed by atoms with van der Waals surface area (Å²) in [7, 11) is 0. The van der Waals surface area contributed by atoms with E-state index in [0.29, 0.717) is 18.4 Å². The number of nitrogens with zero attached hydrogens (tertiary/aromatic N) is 3. The van der Waals surface area contributed by atoms with Crippen LogP contribution in [0.15, 0.2) is 30.5 Å². The Morgan fingerprint density at radius 3 is 2.76 bits per heavy atom. The molecule has 0 bridgehead atoms. The third kappa shape index (κ3) is 3.88. The number of benzene rings is 1. The predicted molar refractivity (Wildman–Crippen MR) is 114 cm³/mol. The Morgan fingerprint density at radius 2 is 2.07 bits per heavy atom. The first kappa shape index (κ1) is 19.9. The van der Waals surface area contributed by atoms with Crippen LogP contribution in [0.1, 0.15) is 71.7 Å². The van der Waals surface area contributed by atoms with Gasteiger partial charge in [-0.2, -0.15) is 0 Å². The first-order valence-electron chi connectivity index (χ1n) is 10.2. The van der Waals surface area contributed by atoms with Crippen LogP contribution in [0.3, 0.4) is 0 Å². The molecule has 152 valence electrons. The lowest BCUT2D eigenvalue weighted by Gasteiger charge is -2.21. The fourth-order valence-corrected chi connectivity index (χ4v) is 4.25. The Labute approximate surface area is 176 Å². The van der Waals surface area contributed by atoms with Crippen molar-refractivity contribution in [1.29, 1.82) is 0 Å². The summed E-state index contributed by atoms with van der Waals surface area (Å²) in [5.41, 5.74) is 6.28. The number of halogens is 1. The smallest absolute Gasteiger partial charge is 0.306 e. The summed E-state index contributed by atoms with van der Waals surface area (Å²) >= 11 is 6.14. The quantitative estimate of drug-likeness (QED) is 0.403. The molecule has 1 atom stereocenters. The Hall–Kier alpha value is -2.40. The molecule has 3 aromatic rings. The van der Waals surface area contributed by atoms with Gasteiger partial charge in [0.2, 0.25) is 0 Å². The predicted octanol–water partition coefficient (Wildman–Crippen LogP) is 5.05. The van der Waals surface area contributed by atoms with Crippen LogP contribution in [0, 0.1) is 13.8 Å². The number of ether oxygens (including phenoxy) is 1. The van der Waals surface area contributed by atoms with Crippen molar-refractivity contribution in [2.45, 2.75) is 57.7 Å². The van der Waals surface area contributed by atoms with E-state index in [1.165, 1.54) is 12.8 Å². The molecule has 1 aliphatic rings. The van der Waals surface area contributed by atoms with Crippen molar-refractivity contribution in [1.82, 2.24) is 14.6 Å². The van der Waals surface area contributed by atoms with Gasteiger partial charge in [0.1, 0.15) is 5.82 Å². The third-order valence-corrected chi connectivity index (χ3v) is 6.10. The number of aromatic nitrogens is 3. The van der Waals surface area contributed by atoms with Crippen LogP contribution in [0.2, 0.25) is 0 Å². The van der Waals surface area contributed by atoms with Crippen LogP contribution in [-0.2, 0) is 15.4 Å². The highest BCUT2D eigenvalue weighted by molar-refractivity contribution is 6.17. The second-order valence-corrected chi connectivity index (χ2v) is 8.07. The van der Waals surface area contributed by atoms with Gasteiger partial charge in [0.25, 0.3) is 0 Å². The number of esters is 1. The van der Waals surface area contributed by atoms with E-state index >= 15 is 0 Å². The SMILES string of the molecule is CCOC(=O)CC(c1ccc(C)c(CCl)c1)c1ccn2c(C3CC3)nnc2c1C. The molecule has 5 nitrogen and oxygen atoms in total. The van der Waals surface area contributed by atoms with E-state index in [4.69, 9.17) is 16.3 Å². The van der Waals surface area contributed by atoms with E-state index in [2.05, 4.69) is 52.7 Å². The maximum absolute atomic E-state index is 12.4. The summed E-state index contributed by atoms with van der Waals surface area (Å²) in [5, 5.41) is 8.88. The molecule has 1 aromatic carbocycles. The van der Waals surface area contributed by atoms with Crippen molar-refractivity contribution in [3.05, 3.63) is 64.1 Å². The third-order valence-electron chi connectivity index (χ3n) is 5.81. The minimum absolute atomic E-state index is 0.123. The van der Waals surface area contributed by atoms with Crippen molar-refractivity contribution >= 4 is 23.2 Å². The molecule has 2 heterocycles. The minimum Gasteiger partial charge on any atom is -0.466 e. The van der Waals surface area contributed by atoms with Crippen molar-refractivity contribution in [2.24, 2.45) is 0 Å². The molecular weight excluding hydrogens is 386 g/mol. The summed E-state index contributed by atoms with van der Waals surface area (Å²) in [4.78, 5) is 12.4. The fourth-order valence-electron chi connectivity index (χ4n) is 3.96. The number of carbonyl (C=O) groups is 1. The van der Waals surface area contributed by atoms with E-state index in [0.717, 1.165) is 39.3 Å². The Balaban J connectivity index is 1.80. The van der Waals surface area contributed by atoms with Crippen molar-refractivity contribution in [3.8, 4) is 0 Å². The molecular formula is C23H26ClN3O2. The lowest BCUT2D eigenvalue weighted by Crippen LogP contribution is -2.14. The topological polar surface area (TPSA) is 56.5 Å². The number of carbonyl (C=O) groups excluding carboxylic acids is 1. The highest BCUT2D eigenvalue weighted by atomic mass is 35.5. The number of alkyl halides is 1. The minimum atomic E-state index is -0.204. The number of pyridine rings is 1. The van der Waals surface area contributed by atoms with Gasteiger partial charge in [-0.25, -0.2) is 0 Å². The largest absolute Gasteiger partial charge is 0.466 e. The molecule has 29 heavy (non-hydrogen) atoms. The molecule has 0 aliphatic heterocycles. The molecule has 2 aromatic heterocycles. The van der Waals surface area contributed by atoms with Gasteiger partial charge in [0.05, 0.1) is 13.0 Å². The molecule has 0 spiro atoms. The van der Waals surface area contributed by atoms with Gasteiger partial charge in [-0.3, -0.25) is 9.20 Å². The maximum atomic E-state index is 12.4. The molecule has 0 N–H and O–H groups in total. The average Bonchev–Trinajstić information content (AvgIpc) is 3.46. The summed E-state index contributed by atoms with van der Waals surface area (Å²) in [6.07, 6.45) is 4.68. The molecule has 6 heteroatoms. The number of hydrogen-bond donors (Lipinski definition) is 0. The van der Waals surface area contributed by atoms with E-state index in [9.17, 15) is 4.79 Å². The molecule has 4 rings (SSSR count). The highest BCUT2D eigenvalue weighted by Crippen LogP contribution is 2.40. The zero-order chi connectivity index (χ0) is 20.5. The van der Waals surface area contributed by atoms with Gasteiger partial charge in [0.15, 0.2) is 5.65 Å². The molecule has 1 fully saturated rings.